The zero-order valence-electron chi connectivity index (χ0n) is 16.8. The van der Waals surface area contributed by atoms with Gasteiger partial charge in [-0.3, -0.25) is 4.79 Å². The molecular formula is C25H17F2N3O2. The number of hydrogen-bond donors (Lipinski definition) is 1. The van der Waals surface area contributed by atoms with Gasteiger partial charge in [-0.15, -0.1) is 0 Å². The number of rotatable bonds is 4. The highest BCUT2D eigenvalue weighted by atomic mass is 19.1. The first kappa shape index (κ1) is 20.0. The molecule has 2 aliphatic heterocycles. The van der Waals surface area contributed by atoms with E-state index in [0.717, 1.165) is 17.6 Å². The first-order valence-electron chi connectivity index (χ1n) is 10.2. The predicted octanol–water partition coefficient (Wildman–Crippen LogP) is 4.85. The Morgan fingerprint density at radius 2 is 1.81 bits per heavy atom. The summed E-state index contributed by atoms with van der Waals surface area (Å²) in [7, 11) is 0. The van der Waals surface area contributed by atoms with Crippen molar-refractivity contribution in [1.29, 1.82) is 5.26 Å². The number of pyridine rings is 1. The van der Waals surface area contributed by atoms with Gasteiger partial charge in [0.15, 0.2) is 0 Å². The van der Waals surface area contributed by atoms with E-state index in [1.807, 2.05) is 6.07 Å². The van der Waals surface area contributed by atoms with Gasteiger partial charge in [0.1, 0.15) is 23.4 Å². The van der Waals surface area contributed by atoms with Gasteiger partial charge in [0, 0.05) is 23.0 Å². The number of carbonyl (C=O) groups is 1. The highest BCUT2D eigenvalue weighted by molar-refractivity contribution is 6.11. The van der Waals surface area contributed by atoms with Gasteiger partial charge in [0.25, 0.3) is 5.91 Å². The van der Waals surface area contributed by atoms with Gasteiger partial charge in [-0.1, -0.05) is 18.2 Å². The summed E-state index contributed by atoms with van der Waals surface area (Å²) in [6.07, 6.45) is 2.45. The van der Waals surface area contributed by atoms with Crippen LogP contribution in [0.2, 0.25) is 0 Å². The minimum atomic E-state index is -0.640. The summed E-state index contributed by atoms with van der Waals surface area (Å²) in [4.78, 5) is 17.1. The zero-order valence-corrected chi connectivity index (χ0v) is 16.8. The number of hydrogen-bond acceptors (Lipinski definition) is 4. The van der Waals surface area contributed by atoms with E-state index in [0.29, 0.717) is 12.0 Å². The summed E-state index contributed by atoms with van der Waals surface area (Å²) in [6.45, 7) is 0. The second kappa shape index (κ2) is 7.98. The largest absolute Gasteiger partial charge is 0.365 e. The van der Waals surface area contributed by atoms with Crippen molar-refractivity contribution in [3.05, 3.63) is 89.3 Å². The molecule has 1 aromatic heterocycles. The molecule has 0 radical (unpaired) electrons. The van der Waals surface area contributed by atoms with Crippen LogP contribution in [-0.4, -0.2) is 23.1 Å². The third kappa shape index (κ3) is 3.45. The van der Waals surface area contributed by atoms with Crippen LogP contribution in [0.4, 0.5) is 14.5 Å². The van der Waals surface area contributed by atoms with Gasteiger partial charge >= 0.3 is 0 Å². The summed E-state index contributed by atoms with van der Waals surface area (Å²) in [6, 6.07) is 15.5. The maximum absolute atomic E-state index is 14.7. The maximum atomic E-state index is 14.7. The summed E-state index contributed by atoms with van der Waals surface area (Å²) in [5.41, 5.74) is 2.72. The van der Waals surface area contributed by atoms with Gasteiger partial charge in [-0.2, -0.15) is 5.26 Å². The Kier molecular flexibility index (Phi) is 5.00. The van der Waals surface area contributed by atoms with E-state index in [-0.39, 0.29) is 40.6 Å². The third-order valence-electron chi connectivity index (χ3n) is 5.77. The number of nitriles is 1. The smallest absolute Gasteiger partial charge is 0.254 e. The fraction of sp³-hybridized carbons (Fsp3) is 0.160. The number of benzene rings is 2. The second-order valence-electron chi connectivity index (χ2n) is 7.69. The summed E-state index contributed by atoms with van der Waals surface area (Å²) in [5.74, 6) is -1.55. The number of aromatic nitrogens is 1. The molecular weight excluding hydrogens is 412 g/mol. The van der Waals surface area contributed by atoms with E-state index >= 15 is 0 Å². The lowest BCUT2D eigenvalue weighted by Crippen LogP contribution is -2.23. The number of amides is 1. The lowest BCUT2D eigenvalue weighted by atomic mass is 9.87. The van der Waals surface area contributed by atoms with Crippen LogP contribution in [0.1, 0.15) is 24.1 Å². The zero-order chi connectivity index (χ0) is 22.2. The van der Waals surface area contributed by atoms with E-state index in [1.54, 1.807) is 18.2 Å². The van der Waals surface area contributed by atoms with Crippen LogP contribution in [0.5, 0.6) is 0 Å². The van der Waals surface area contributed by atoms with Crippen molar-refractivity contribution in [1.82, 2.24) is 4.98 Å². The van der Waals surface area contributed by atoms with Crippen LogP contribution < -0.4 is 5.32 Å². The Morgan fingerprint density at radius 1 is 1.03 bits per heavy atom. The molecule has 1 fully saturated rings. The third-order valence-corrected chi connectivity index (χ3v) is 5.77. The van der Waals surface area contributed by atoms with Gasteiger partial charge in [0.2, 0.25) is 0 Å². The molecule has 2 unspecified atom stereocenters. The van der Waals surface area contributed by atoms with Crippen molar-refractivity contribution in [3.63, 3.8) is 0 Å². The maximum Gasteiger partial charge on any atom is 0.254 e. The molecule has 3 heterocycles. The van der Waals surface area contributed by atoms with Crippen molar-refractivity contribution < 1.29 is 18.3 Å². The van der Waals surface area contributed by atoms with Crippen LogP contribution in [0.15, 0.2) is 66.4 Å². The van der Waals surface area contributed by atoms with Crippen LogP contribution in [-0.2, 0) is 9.53 Å². The molecule has 158 valence electrons. The van der Waals surface area contributed by atoms with Gasteiger partial charge in [-0.25, -0.2) is 13.8 Å². The van der Waals surface area contributed by atoms with Gasteiger partial charge < -0.3 is 10.1 Å². The van der Waals surface area contributed by atoms with Crippen LogP contribution in [0.3, 0.4) is 0 Å². The molecule has 3 aromatic rings. The fourth-order valence-corrected chi connectivity index (χ4v) is 4.37. The summed E-state index contributed by atoms with van der Waals surface area (Å²) < 4.78 is 34.7. The SMILES string of the molecule is N#Cc1cc(C2=C(C(=O)Nc3ccc(-c4ccccc4F)c(F)c3)C3CCC2O3)ccn1. The van der Waals surface area contributed by atoms with Crippen molar-refractivity contribution in [2.75, 3.05) is 5.32 Å². The Bertz CT molecular complexity index is 1310. The molecule has 2 bridgehead atoms. The molecule has 2 aromatic carbocycles. The van der Waals surface area contributed by atoms with Crippen molar-refractivity contribution in [2.45, 2.75) is 25.0 Å². The van der Waals surface area contributed by atoms with E-state index in [4.69, 9.17) is 10.00 Å². The molecule has 5 rings (SSSR count). The lowest BCUT2D eigenvalue weighted by Gasteiger charge is -2.17. The second-order valence-corrected chi connectivity index (χ2v) is 7.69. The van der Waals surface area contributed by atoms with Crippen LogP contribution >= 0.6 is 0 Å². The van der Waals surface area contributed by atoms with E-state index in [9.17, 15) is 13.6 Å². The minimum Gasteiger partial charge on any atom is -0.365 e. The van der Waals surface area contributed by atoms with Gasteiger partial charge in [0.05, 0.1) is 17.8 Å². The first-order chi connectivity index (χ1) is 15.5. The van der Waals surface area contributed by atoms with E-state index < -0.39 is 11.6 Å². The Balaban J connectivity index is 1.46. The molecule has 2 aliphatic rings. The molecule has 0 saturated carbocycles. The standard InChI is InChI=1S/C25H17F2N3O2/c26-19-4-2-1-3-17(19)18-6-5-15(12-20(18)27)30-25(31)24-22-8-7-21(32-22)23(24)14-9-10-29-16(11-14)13-28/h1-6,9-12,21-22H,7-8H2,(H,30,31). The lowest BCUT2D eigenvalue weighted by molar-refractivity contribution is -0.113. The van der Waals surface area contributed by atoms with Crippen molar-refractivity contribution in [3.8, 4) is 17.2 Å². The van der Waals surface area contributed by atoms with Crippen LogP contribution in [0.25, 0.3) is 16.7 Å². The first-order valence-corrected chi connectivity index (χ1v) is 10.2. The number of nitrogens with zero attached hydrogens (tertiary/aromatic N) is 2. The number of ether oxygens (including phenoxy) is 1. The number of halogens is 2. The predicted molar refractivity (Wildman–Crippen MR) is 114 cm³/mol. The van der Waals surface area contributed by atoms with Crippen molar-refractivity contribution in [2.24, 2.45) is 0 Å². The average Bonchev–Trinajstić information content (AvgIpc) is 3.42. The number of nitrogens with one attached hydrogen (secondary N) is 1. The van der Waals surface area contributed by atoms with E-state index in [2.05, 4.69) is 10.3 Å². The molecule has 1 amide bonds. The highest BCUT2D eigenvalue weighted by Crippen LogP contribution is 2.44. The molecule has 1 N–H and O–H groups in total. The highest BCUT2D eigenvalue weighted by Gasteiger charge is 2.43. The normalized spacial score (nSPS) is 19.2. The number of carbonyl (C=O) groups excluding carboxylic acids is 1. The Morgan fingerprint density at radius 3 is 2.59 bits per heavy atom. The Labute approximate surface area is 183 Å². The fourth-order valence-electron chi connectivity index (χ4n) is 4.37. The quantitative estimate of drug-likeness (QED) is 0.643. The van der Waals surface area contributed by atoms with Crippen LogP contribution in [0, 0.1) is 23.0 Å². The van der Waals surface area contributed by atoms with E-state index in [1.165, 1.54) is 42.6 Å². The van der Waals surface area contributed by atoms with Gasteiger partial charge in [-0.05, 0) is 60.4 Å². The molecule has 5 nitrogen and oxygen atoms in total. The number of fused-ring (bicyclic) bond motifs is 2. The summed E-state index contributed by atoms with van der Waals surface area (Å²) >= 11 is 0. The topological polar surface area (TPSA) is 75.0 Å². The molecule has 1 saturated heterocycles. The summed E-state index contributed by atoms with van der Waals surface area (Å²) in [5, 5.41) is 11.9. The molecule has 32 heavy (non-hydrogen) atoms. The average molecular weight is 429 g/mol. The minimum absolute atomic E-state index is 0.116. The molecule has 0 spiro atoms. The number of anilines is 1. The Hall–Kier alpha value is -3.89. The molecule has 7 heteroatoms. The monoisotopic (exact) mass is 429 g/mol. The van der Waals surface area contributed by atoms with Crippen molar-refractivity contribution >= 4 is 17.2 Å². The molecule has 2 atom stereocenters. The molecule has 0 aliphatic carbocycles.